The number of nitrogens with zero attached hydrogens (tertiary/aromatic N) is 1. The van der Waals surface area contributed by atoms with E-state index in [1.165, 1.54) is 17.7 Å². The van der Waals surface area contributed by atoms with Gasteiger partial charge in [0.05, 0.1) is 17.3 Å². The van der Waals surface area contributed by atoms with Gasteiger partial charge in [-0.1, -0.05) is 0 Å². The van der Waals surface area contributed by atoms with E-state index in [9.17, 15) is 0 Å². The second-order valence-corrected chi connectivity index (χ2v) is 5.44. The second-order valence-electron chi connectivity index (χ2n) is 4.56. The SMILES string of the molecule is COC1CCC(NC(C)c2scnc2C)C1. The number of aryl methyl sites for hydroxylation is 1. The van der Waals surface area contributed by atoms with Crippen molar-refractivity contribution in [2.24, 2.45) is 0 Å². The Kier molecular flexibility index (Phi) is 3.95. The van der Waals surface area contributed by atoms with E-state index in [4.69, 9.17) is 4.74 Å². The number of aromatic nitrogens is 1. The quantitative estimate of drug-likeness (QED) is 0.878. The van der Waals surface area contributed by atoms with Gasteiger partial charge in [0.15, 0.2) is 0 Å². The van der Waals surface area contributed by atoms with Crippen LogP contribution in [0.4, 0.5) is 0 Å². The van der Waals surface area contributed by atoms with Gasteiger partial charge in [-0.3, -0.25) is 0 Å². The molecule has 3 unspecified atom stereocenters. The fourth-order valence-corrected chi connectivity index (χ4v) is 3.28. The summed E-state index contributed by atoms with van der Waals surface area (Å²) >= 11 is 1.74. The Labute approximate surface area is 101 Å². The number of methoxy groups -OCH3 is 1. The van der Waals surface area contributed by atoms with Gasteiger partial charge in [0.2, 0.25) is 0 Å². The van der Waals surface area contributed by atoms with Gasteiger partial charge in [0.1, 0.15) is 0 Å². The number of rotatable bonds is 4. The van der Waals surface area contributed by atoms with Crippen LogP contribution in [0.25, 0.3) is 0 Å². The predicted molar refractivity (Wildman–Crippen MR) is 66.8 cm³/mol. The van der Waals surface area contributed by atoms with Crippen LogP contribution < -0.4 is 5.32 Å². The molecule has 1 aromatic rings. The molecule has 3 atom stereocenters. The molecule has 16 heavy (non-hydrogen) atoms. The van der Waals surface area contributed by atoms with Crippen LogP contribution in [-0.4, -0.2) is 24.2 Å². The van der Waals surface area contributed by atoms with Crippen molar-refractivity contribution in [1.29, 1.82) is 0 Å². The zero-order valence-electron chi connectivity index (χ0n) is 10.2. The second kappa shape index (κ2) is 5.25. The number of ether oxygens (including phenoxy) is 1. The predicted octanol–water partition coefficient (Wildman–Crippen LogP) is 2.67. The lowest BCUT2D eigenvalue weighted by Crippen LogP contribution is -2.29. The highest BCUT2D eigenvalue weighted by Crippen LogP contribution is 2.26. The first-order chi connectivity index (χ1) is 7.70. The molecule has 1 heterocycles. The number of hydrogen-bond donors (Lipinski definition) is 1. The smallest absolute Gasteiger partial charge is 0.0798 e. The molecule has 0 spiro atoms. The highest BCUT2D eigenvalue weighted by atomic mass is 32.1. The molecule has 0 aromatic carbocycles. The third kappa shape index (κ3) is 2.62. The normalized spacial score (nSPS) is 27.2. The lowest BCUT2D eigenvalue weighted by atomic mass is 10.2. The van der Waals surface area contributed by atoms with Gasteiger partial charge >= 0.3 is 0 Å². The first-order valence-corrected chi connectivity index (χ1v) is 6.77. The fraction of sp³-hybridized carbons (Fsp3) is 0.750. The molecular formula is C12H20N2OS. The van der Waals surface area contributed by atoms with Crippen LogP contribution in [0, 0.1) is 6.92 Å². The van der Waals surface area contributed by atoms with Crippen molar-refractivity contribution < 1.29 is 4.74 Å². The van der Waals surface area contributed by atoms with Crippen molar-refractivity contribution in [3.63, 3.8) is 0 Å². The minimum Gasteiger partial charge on any atom is -0.381 e. The van der Waals surface area contributed by atoms with Gasteiger partial charge in [0, 0.05) is 24.1 Å². The van der Waals surface area contributed by atoms with E-state index >= 15 is 0 Å². The summed E-state index contributed by atoms with van der Waals surface area (Å²) in [4.78, 5) is 5.66. The van der Waals surface area contributed by atoms with Gasteiger partial charge < -0.3 is 10.1 Å². The summed E-state index contributed by atoms with van der Waals surface area (Å²) < 4.78 is 5.39. The summed E-state index contributed by atoms with van der Waals surface area (Å²) in [6.45, 7) is 4.30. The molecule has 0 amide bonds. The van der Waals surface area contributed by atoms with Crippen molar-refractivity contribution >= 4 is 11.3 Å². The minimum absolute atomic E-state index is 0.410. The van der Waals surface area contributed by atoms with Crippen LogP contribution >= 0.6 is 11.3 Å². The van der Waals surface area contributed by atoms with Crippen LogP contribution in [0.1, 0.15) is 42.8 Å². The molecule has 90 valence electrons. The molecule has 0 saturated heterocycles. The number of nitrogens with one attached hydrogen (secondary N) is 1. The molecule has 0 aliphatic heterocycles. The third-order valence-electron chi connectivity index (χ3n) is 3.38. The molecular weight excluding hydrogens is 220 g/mol. The summed E-state index contributed by atoms with van der Waals surface area (Å²) in [5, 5.41) is 3.68. The summed E-state index contributed by atoms with van der Waals surface area (Å²) in [7, 11) is 1.81. The topological polar surface area (TPSA) is 34.1 Å². The molecule has 4 heteroatoms. The number of thiazole rings is 1. The molecule has 1 saturated carbocycles. The van der Waals surface area contributed by atoms with E-state index in [1.807, 2.05) is 12.6 Å². The molecule has 0 bridgehead atoms. The molecule has 0 radical (unpaired) electrons. The largest absolute Gasteiger partial charge is 0.381 e. The molecule has 1 aliphatic rings. The van der Waals surface area contributed by atoms with Gasteiger partial charge in [0.25, 0.3) is 0 Å². The van der Waals surface area contributed by atoms with Gasteiger partial charge in [-0.25, -0.2) is 4.98 Å². The van der Waals surface area contributed by atoms with Crippen LogP contribution in [-0.2, 0) is 4.74 Å². The Morgan fingerprint density at radius 2 is 2.38 bits per heavy atom. The highest BCUT2D eigenvalue weighted by Gasteiger charge is 2.26. The van der Waals surface area contributed by atoms with Crippen molar-refractivity contribution in [3.05, 3.63) is 16.1 Å². The maximum atomic E-state index is 5.39. The molecule has 2 rings (SSSR count). The standard InChI is InChI=1S/C12H20N2OS/c1-8-12(16-7-13-8)9(2)14-10-4-5-11(6-10)15-3/h7,9-11,14H,4-6H2,1-3H3. The van der Waals surface area contributed by atoms with Crippen LogP contribution in [0.2, 0.25) is 0 Å². The Morgan fingerprint density at radius 1 is 1.56 bits per heavy atom. The van der Waals surface area contributed by atoms with Crippen LogP contribution in [0.5, 0.6) is 0 Å². The summed E-state index contributed by atoms with van der Waals surface area (Å²) in [6, 6.07) is 1.01. The lowest BCUT2D eigenvalue weighted by Gasteiger charge is -2.18. The fourth-order valence-electron chi connectivity index (χ4n) is 2.46. The number of hydrogen-bond acceptors (Lipinski definition) is 4. The van der Waals surface area contributed by atoms with E-state index < -0.39 is 0 Å². The van der Waals surface area contributed by atoms with E-state index in [-0.39, 0.29) is 0 Å². The van der Waals surface area contributed by atoms with Gasteiger partial charge in [-0.2, -0.15) is 0 Å². The van der Waals surface area contributed by atoms with Crippen molar-refractivity contribution in [2.75, 3.05) is 7.11 Å². The minimum atomic E-state index is 0.410. The molecule has 1 aliphatic carbocycles. The summed E-state index contributed by atoms with van der Waals surface area (Å²) in [6.07, 6.45) is 3.99. The van der Waals surface area contributed by atoms with Crippen molar-refractivity contribution in [2.45, 2.75) is 51.3 Å². The Hall–Kier alpha value is -0.450. The Balaban J connectivity index is 1.89. The van der Waals surface area contributed by atoms with Crippen LogP contribution in [0.15, 0.2) is 5.51 Å². The Morgan fingerprint density at radius 3 is 2.94 bits per heavy atom. The molecule has 1 N–H and O–H groups in total. The molecule has 3 nitrogen and oxygen atoms in total. The third-order valence-corrected chi connectivity index (χ3v) is 4.49. The summed E-state index contributed by atoms with van der Waals surface area (Å²) in [5.74, 6) is 0. The van der Waals surface area contributed by atoms with E-state index in [0.717, 1.165) is 12.1 Å². The first kappa shape index (κ1) is 12.0. The zero-order chi connectivity index (χ0) is 11.5. The monoisotopic (exact) mass is 240 g/mol. The first-order valence-electron chi connectivity index (χ1n) is 5.89. The maximum absolute atomic E-state index is 5.39. The summed E-state index contributed by atoms with van der Waals surface area (Å²) in [5.41, 5.74) is 3.08. The van der Waals surface area contributed by atoms with Crippen LogP contribution in [0.3, 0.4) is 0 Å². The molecule has 1 aromatic heterocycles. The van der Waals surface area contributed by atoms with Gasteiger partial charge in [-0.05, 0) is 33.1 Å². The van der Waals surface area contributed by atoms with E-state index in [0.29, 0.717) is 18.2 Å². The lowest BCUT2D eigenvalue weighted by molar-refractivity contribution is 0.106. The average molecular weight is 240 g/mol. The Bertz CT molecular complexity index is 340. The molecule has 1 fully saturated rings. The van der Waals surface area contributed by atoms with Crippen molar-refractivity contribution in [1.82, 2.24) is 10.3 Å². The van der Waals surface area contributed by atoms with E-state index in [2.05, 4.69) is 24.1 Å². The average Bonchev–Trinajstić information content (AvgIpc) is 2.86. The highest BCUT2D eigenvalue weighted by molar-refractivity contribution is 7.09. The zero-order valence-corrected chi connectivity index (χ0v) is 11.0. The van der Waals surface area contributed by atoms with E-state index in [1.54, 1.807) is 11.3 Å². The van der Waals surface area contributed by atoms with Gasteiger partial charge in [-0.15, -0.1) is 11.3 Å². The van der Waals surface area contributed by atoms with Crippen molar-refractivity contribution in [3.8, 4) is 0 Å². The maximum Gasteiger partial charge on any atom is 0.0798 e.